The first-order valence-corrected chi connectivity index (χ1v) is 10.0. The number of carbonyl (C=O) groups excluding carboxylic acids is 1. The number of nitrogens with zero attached hydrogens (tertiary/aromatic N) is 2. The summed E-state index contributed by atoms with van der Waals surface area (Å²) in [5, 5.41) is 2.76. The van der Waals surface area contributed by atoms with Crippen LogP contribution < -0.4 is 5.32 Å². The van der Waals surface area contributed by atoms with Crippen LogP contribution in [0.5, 0.6) is 0 Å². The van der Waals surface area contributed by atoms with Gasteiger partial charge in [-0.15, -0.1) is 0 Å². The predicted octanol–water partition coefficient (Wildman–Crippen LogP) is 1.70. The summed E-state index contributed by atoms with van der Waals surface area (Å²) in [4.78, 5) is 13.7. The van der Waals surface area contributed by atoms with E-state index < -0.39 is 15.8 Å². The Bertz CT molecular complexity index is 721. The summed E-state index contributed by atoms with van der Waals surface area (Å²) < 4.78 is 39.8. The van der Waals surface area contributed by atoms with Crippen molar-refractivity contribution >= 4 is 27.5 Å². The maximum atomic E-state index is 13.1. The first-order valence-electron chi connectivity index (χ1n) is 8.21. The van der Waals surface area contributed by atoms with Crippen LogP contribution >= 0.6 is 11.6 Å². The second-order valence-electron chi connectivity index (χ2n) is 6.13. The lowest BCUT2D eigenvalue weighted by atomic mass is 10.2. The van der Waals surface area contributed by atoms with E-state index in [-0.39, 0.29) is 41.5 Å². The van der Waals surface area contributed by atoms with Crippen molar-refractivity contribution in [2.45, 2.75) is 31.2 Å². The van der Waals surface area contributed by atoms with Gasteiger partial charge in [-0.05, 0) is 31.5 Å². The lowest BCUT2D eigenvalue weighted by molar-refractivity contribution is -0.123. The SMILES string of the molecule is CCC(C)NC(=O)CN1CCN(S(=O)(=O)c2ccc(F)cc2Cl)CC1. The average Bonchev–Trinajstić information content (AvgIpc) is 2.54. The Balaban J connectivity index is 1.96. The highest BCUT2D eigenvalue weighted by atomic mass is 35.5. The number of piperazine rings is 1. The Kier molecular flexibility index (Phi) is 6.79. The van der Waals surface area contributed by atoms with Gasteiger partial charge in [0.2, 0.25) is 15.9 Å². The van der Waals surface area contributed by atoms with E-state index in [0.717, 1.165) is 18.6 Å². The van der Waals surface area contributed by atoms with Crippen molar-refractivity contribution in [3.8, 4) is 0 Å². The number of rotatable bonds is 6. The fourth-order valence-electron chi connectivity index (χ4n) is 2.58. The van der Waals surface area contributed by atoms with Crippen LogP contribution in [0.3, 0.4) is 0 Å². The number of halogens is 2. The van der Waals surface area contributed by atoms with Crippen molar-refractivity contribution in [1.82, 2.24) is 14.5 Å². The van der Waals surface area contributed by atoms with Crippen LogP contribution in [0.1, 0.15) is 20.3 Å². The molecule has 1 aromatic rings. The molecular formula is C16H23ClFN3O3S. The van der Waals surface area contributed by atoms with E-state index >= 15 is 0 Å². The van der Waals surface area contributed by atoms with E-state index in [1.807, 2.05) is 18.7 Å². The number of sulfonamides is 1. The smallest absolute Gasteiger partial charge is 0.244 e. The van der Waals surface area contributed by atoms with Gasteiger partial charge in [-0.2, -0.15) is 4.31 Å². The molecule has 9 heteroatoms. The molecule has 1 aromatic carbocycles. The molecule has 6 nitrogen and oxygen atoms in total. The van der Waals surface area contributed by atoms with Gasteiger partial charge in [-0.1, -0.05) is 18.5 Å². The molecule has 1 amide bonds. The molecule has 1 atom stereocenters. The van der Waals surface area contributed by atoms with Gasteiger partial charge in [0.15, 0.2) is 0 Å². The van der Waals surface area contributed by atoms with E-state index in [2.05, 4.69) is 5.32 Å². The van der Waals surface area contributed by atoms with Gasteiger partial charge < -0.3 is 5.32 Å². The fourth-order valence-corrected chi connectivity index (χ4v) is 4.50. The monoisotopic (exact) mass is 391 g/mol. The molecule has 25 heavy (non-hydrogen) atoms. The highest BCUT2D eigenvalue weighted by Crippen LogP contribution is 2.26. The number of nitrogens with one attached hydrogen (secondary N) is 1. The normalized spacial score (nSPS) is 18.1. The minimum atomic E-state index is -3.78. The third-order valence-corrected chi connectivity index (χ3v) is 6.61. The second kappa shape index (κ2) is 8.44. The minimum Gasteiger partial charge on any atom is -0.353 e. The van der Waals surface area contributed by atoms with Gasteiger partial charge in [-0.25, -0.2) is 12.8 Å². The van der Waals surface area contributed by atoms with Crippen LogP contribution in [-0.4, -0.2) is 62.3 Å². The summed E-state index contributed by atoms with van der Waals surface area (Å²) in [6.45, 7) is 5.59. The molecule has 1 saturated heterocycles. The van der Waals surface area contributed by atoms with Crippen LogP contribution in [0, 0.1) is 5.82 Å². The van der Waals surface area contributed by atoms with Crippen molar-refractivity contribution in [3.63, 3.8) is 0 Å². The predicted molar refractivity (Wildman–Crippen MR) is 94.5 cm³/mol. The highest BCUT2D eigenvalue weighted by molar-refractivity contribution is 7.89. The first kappa shape index (κ1) is 20.1. The van der Waals surface area contributed by atoms with Crippen LogP contribution in [-0.2, 0) is 14.8 Å². The number of hydrogen-bond donors (Lipinski definition) is 1. The molecule has 1 N–H and O–H groups in total. The zero-order valence-corrected chi connectivity index (χ0v) is 15.9. The van der Waals surface area contributed by atoms with E-state index in [1.54, 1.807) is 0 Å². The Hall–Kier alpha value is -1.22. The molecule has 1 aliphatic heterocycles. The van der Waals surface area contributed by atoms with E-state index in [4.69, 9.17) is 11.6 Å². The second-order valence-corrected chi connectivity index (χ2v) is 8.45. The van der Waals surface area contributed by atoms with Crippen LogP contribution in [0.2, 0.25) is 5.02 Å². The van der Waals surface area contributed by atoms with Gasteiger partial charge in [0.05, 0.1) is 11.6 Å². The summed E-state index contributed by atoms with van der Waals surface area (Å²) in [5.74, 6) is -0.645. The molecule has 0 aliphatic carbocycles. The van der Waals surface area contributed by atoms with Crippen LogP contribution in [0.25, 0.3) is 0 Å². The maximum absolute atomic E-state index is 13.1. The molecule has 0 bridgehead atoms. The molecular weight excluding hydrogens is 369 g/mol. The van der Waals surface area contributed by atoms with Gasteiger partial charge >= 0.3 is 0 Å². The average molecular weight is 392 g/mol. The lowest BCUT2D eigenvalue weighted by Gasteiger charge is -2.33. The third kappa shape index (κ3) is 5.13. The largest absolute Gasteiger partial charge is 0.353 e. The van der Waals surface area contributed by atoms with Crippen molar-refractivity contribution in [1.29, 1.82) is 0 Å². The zero-order valence-electron chi connectivity index (χ0n) is 14.3. The van der Waals surface area contributed by atoms with Gasteiger partial charge in [0.25, 0.3) is 0 Å². The fraction of sp³-hybridized carbons (Fsp3) is 0.562. The maximum Gasteiger partial charge on any atom is 0.244 e. The number of carbonyl (C=O) groups is 1. The Morgan fingerprint density at radius 3 is 2.52 bits per heavy atom. The summed E-state index contributed by atoms with van der Waals surface area (Å²) >= 11 is 5.88. The highest BCUT2D eigenvalue weighted by Gasteiger charge is 2.30. The summed E-state index contributed by atoms with van der Waals surface area (Å²) in [6.07, 6.45) is 0.857. The molecule has 1 heterocycles. The molecule has 1 unspecified atom stereocenters. The molecule has 0 aromatic heterocycles. The van der Waals surface area contributed by atoms with Gasteiger partial charge in [0.1, 0.15) is 10.7 Å². The Labute approximate surface area is 153 Å². The lowest BCUT2D eigenvalue weighted by Crippen LogP contribution is -2.51. The van der Waals surface area contributed by atoms with Crippen LogP contribution in [0.15, 0.2) is 23.1 Å². The zero-order chi connectivity index (χ0) is 18.6. The van der Waals surface area contributed by atoms with Gasteiger partial charge in [0, 0.05) is 32.2 Å². The molecule has 140 valence electrons. The molecule has 1 fully saturated rings. The molecule has 1 aliphatic rings. The standard InChI is InChI=1S/C16H23ClFN3O3S/c1-3-12(2)19-16(22)11-20-6-8-21(9-7-20)25(23,24)15-5-4-13(18)10-14(15)17/h4-5,10,12H,3,6-9,11H2,1-2H3,(H,19,22). The van der Waals surface area contributed by atoms with Crippen molar-refractivity contribution in [2.75, 3.05) is 32.7 Å². The first-order chi connectivity index (χ1) is 11.7. The quantitative estimate of drug-likeness (QED) is 0.801. The Morgan fingerprint density at radius 2 is 1.96 bits per heavy atom. The number of benzene rings is 1. The third-order valence-electron chi connectivity index (χ3n) is 4.23. The van der Waals surface area contributed by atoms with E-state index in [1.165, 1.54) is 10.4 Å². The molecule has 2 rings (SSSR count). The summed E-state index contributed by atoms with van der Waals surface area (Å²) in [7, 11) is -3.78. The topological polar surface area (TPSA) is 69.7 Å². The molecule has 0 spiro atoms. The van der Waals surface area contributed by atoms with Crippen molar-refractivity contribution in [3.05, 3.63) is 29.0 Å². The van der Waals surface area contributed by atoms with Crippen molar-refractivity contribution in [2.24, 2.45) is 0 Å². The number of amides is 1. The molecule has 0 saturated carbocycles. The van der Waals surface area contributed by atoms with Crippen molar-refractivity contribution < 1.29 is 17.6 Å². The van der Waals surface area contributed by atoms with E-state index in [0.29, 0.717) is 13.1 Å². The van der Waals surface area contributed by atoms with Gasteiger partial charge in [-0.3, -0.25) is 9.69 Å². The Morgan fingerprint density at radius 1 is 1.32 bits per heavy atom. The summed E-state index contributed by atoms with van der Waals surface area (Å²) in [6, 6.07) is 3.37. The summed E-state index contributed by atoms with van der Waals surface area (Å²) in [5.41, 5.74) is 0. The molecule has 0 radical (unpaired) electrons. The number of hydrogen-bond acceptors (Lipinski definition) is 4. The van der Waals surface area contributed by atoms with E-state index in [9.17, 15) is 17.6 Å². The minimum absolute atomic E-state index is 0.0627. The van der Waals surface area contributed by atoms with Crippen LogP contribution in [0.4, 0.5) is 4.39 Å².